The molecular formula is C28H30N2O7S. The second kappa shape index (κ2) is 11.6. The van der Waals surface area contributed by atoms with Crippen LogP contribution < -0.4 is 33.8 Å². The van der Waals surface area contributed by atoms with E-state index in [-0.39, 0.29) is 17.7 Å². The van der Waals surface area contributed by atoms with E-state index in [0.29, 0.717) is 55.8 Å². The van der Waals surface area contributed by atoms with Gasteiger partial charge in [0.1, 0.15) is 11.5 Å². The molecule has 0 bridgehead atoms. The zero-order valence-corrected chi connectivity index (χ0v) is 23.0. The van der Waals surface area contributed by atoms with Gasteiger partial charge < -0.3 is 23.7 Å². The van der Waals surface area contributed by atoms with Gasteiger partial charge in [-0.1, -0.05) is 17.4 Å². The minimum absolute atomic E-state index is 0.190. The second-order valence-corrected chi connectivity index (χ2v) is 9.26. The molecule has 0 unspecified atom stereocenters. The number of hydrogen-bond acceptors (Lipinski definition) is 9. The third-order valence-electron chi connectivity index (χ3n) is 6.04. The third-order valence-corrected chi connectivity index (χ3v) is 7.03. The van der Waals surface area contributed by atoms with Crippen LogP contribution in [0.1, 0.15) is 37.9 Å². The topological polar surface area (TPSA) is 97.6 Å². The van der Waals surface area contributed by atoms with Crippen molar-refractivity contribution in [3.8, 4) is 23.0 Å². The van der Waals surface area contributed by atoms with Crippen LogP contribution in [-0.4, -0.2) is 45.1 Å². The number of hydrogen-bond donors (Lipinski definition) is 0. The Kier molecular flexibility index (Phi) is 8.21. The smallest absolute Gasteiger partial charge is 0.338 e. The molecule has 1 aliphatic rings. The van der Waals surface area contributed by atoms with E-state index in [1.807, 2.05) is 13.0 Å². The first-order chi connectivity index (χ1) is 18.4. The van der Waals surface area contributed by atoms with Crippen molar-refractivity contribution in [1.29, 1.82) is 0 Å². The van der Waals surface area contributed by atoms with Gasteiger partial charge in [0.05, 0.1) is 56.4 Å². The predicted molar refractivity (Wildman–Crippen MR) is 144 cm³/mol. The summed E-state index contributed by atoms with van der Waals surface area (Å²) in [7, 11) is 4.70. The summed E-state index contributed by atoms with van der Waals surface area (Å²) in [5.74, 6) is 1.74. The van der Waals surface area contributed by atoms with E-state index in [2.05, 4.69) is 4.99 Å². The average molecular weight is 539 g/mol. The maximum Gasteiger partial charge on any atom is 0.338 e. The number of benzene rings is 2. The predicted octanol–water partition coefficient (Wildman–Crippen LogP) is 3.22. The van der Waals surface area contributed by atoms with Crippen molar-refractivity contribution in [1.82, 2.24) is 4.57 Å². The van der Waals surface area contributed by atoms with Crippen LogP contribution in [-0.2, 0) is 9.53 Å². The summed E-state index contributed by atoms with van der Waals surface area (Å²) in [6.07, 6.45) is 1.74. The lowest BCUT2D eigenvalue weighted by molar-refractivity contribution is -0.139. The summed E-state index contributed by atoms with van der Waals surface area (Å²) >= 11 is 1.23. The summed E-state index contributed by atoms with van der Waals surface area (Å²) in [6.45, 7) is 5.96. The summed E-state index contributed by atoms with van der Waals surface area (Å²) in [5, 5.41) is 0. The first-order valence-corrected chi connectivity index (χ1v) is 12.9. The number of carbonyl (C=O) groups excluding carboxylic acids is 1. The highest BCUT2D eigenvalue weighted by Crippen LogP contribution is 2.36. The molecule has 1 aliphatic heterocycles. The van der Waals surface area contributed by atoms with Gasteiger partial charge in [-0.3, -0.25) is 9.36 Å². The van der Waals surface area contributed by atoms with Crippen LogP contribution in [0, 0.1) is 0 Å². The number of carbonyl (C=O) groups is 1. The molecule has 10 heteroatoms. The minimum Gasteiger partial charge on any atom is -0.497 e. The number of ether oxygens (including phenoxy) is 5. The maximum atomic E-state index is 13.9. The van der Waals surface area contributed by atoms with Gasteiger partial charge in [-0.2, -0.15) is 0 Å². The standard InChI is InChI=1S/C28H30N2O7S/c1-7-36-22-14-17(9-11-21(22)35-6)25-24(27(32)37-8-2)16(3)29-28-30(25)26(31)23(38-28)15-18-13-19(33-4)10-12-20(18)34-5/h9-15,25H,7-8H2,1-6H3/b23-15-/t25-/m1/s1. The normalized spacial score (nSPS) is 15.0. The highest BCUT2D eigenvalue weighted by molar-refractivity contribution is 7.07. The average Bonchev–Trinajstić information content (AvgIpc) is 3.22. The van der Waals surface area contributed by atoms with Crippen molar-refractivity contribution < 1.29 is 28.5 Å². The molecule has 2 aromatic carbocycles. The van der Waals surface area contributed by atoms with Crippen LogP contribution >= 0.6 is 11.3 Å². The van der Waals surface area contributed by atoms with Crippen LogP contribution in [0.4, 0.5) is 0 Å². The van der Waals surface area contributed by atoms with E-state index in [1.165, 1.54) is 15.9 Å². The number of rotatable bonds is 9. The summed E-state index contributed by atoms with van der Waals surface area (Å²) in [4.78, 5) is 32.1. The van der Waals surface area contributed by atoms with Crippen LogP contribution in [0.3, 0.4) is 0 Å². The van der Waals surface area contributed by atoms with Crippen molar-refractivity contribution in [3.63, 3.8) is 0 Å². The van der Waals surface area contributed by atoms with E-state index >= 15 is 0 Å². The molecule has 3 aromatic rings. The van der Waals surface area contributed by atoms with Gasteiger partial charge in [-0.15, -0.1) is 0 Å². The zero-order chi connectivity index (χ0) is 27.4. The largest absolute Gasteiger partial charge is 0.497 e. The SMILES string of the molecule is CCOC(=O)C1=C(C)N=c2s/c(=C\c3cc(OC)ccc3OC)c(=O)n2[C@@H]1c1ccc(OC)c(OCC)c1. The number of thiazole rings is 1. The monoisotopic (exact) mass is 538 g/mol. The second-order valence-electron chi connectivity index (χ2n) is 8.25. The molecule has 4 rings (SSSR count). The molecule has 0 saturated heterocycles. The molecule has 38 heavy (non-hydrogen) atoms. The first kappa shape index (κ1) is 27.0. The van der Waals surface area contributed by atoms with Gasteiger partial charge in [-0.05, 0) is 62.7 Å². The lowest BCUT2D eigenvalue weighted by atomic mass is 9.95. The van der Waals surface area contributed by atoms with Gasteiger partial charge >= 0.3 is 5.97 Å². The molecule has 0 fully saturated rings. The number of aromatic nitrogens is 1. The van der Waals surface area contributed by atoms with Crippen LogP contribution in [0.15, 0.2) is 57.5 Å². The Hall–Kier alpha value is -4.05. The zero-order valence-electron chi connectivity index (χ0n) is 22.2. The summed E-state index contributed by atoms with van der Waals surface area (Å²) in [5.41, 5.74) is 1.81. The first-order valence-electron chi connectivity index (χ1n) is 12.1. The lowest BCUT2D eigenvalue weighted by Crippen LogP contribution is -2.40. The highest BCUT2D eigenvalue weighted by Gasteiger charge is 2.34. The van der Waals surface area contributed by atoms with Crippen molar-refractivity contribution in [2.45, 2.75) is 26.8 Å². The number of nitrogens with zero attached hydrogens (tertiary/aromatic N) is 2. The van der Waals surface area contributed by atoms with Gasteiger partial charge in [-0.25, -0.2) is 9.79 Å². The van der Waals surface area contributed by atoms with Crippen molar-refractivity contribution in [2.24, 2.45) is 4.99 Å². The van der Waals surface area contributed by atoms with Gasteiger partial charge in [0, 0.05) is 5.56 Å². The van der Waals surface area contributed by atoms with Crippen LogP contribution in [0.5, 0.6) is 23.0 Å². The van der Waals surface area contributed by atoms with E-state index in [9.17, 15) is 9.59 Å². The van der Waals surface area contributed by atoms with E-state index in [0.717, 1.165) is 0 Å². The molecule has 0 aliphatic carbocycles. The molecule has 0 spiro atoms. The van der Waals surface area contributed by atoms with Gasteiger partial charge in [0.25, 0.3) is 5.56 Å². The minimum atomic E-state index is -0.773. The quantitative estimate of drug-likeness (QED) is 0.386. The number of esters is 1. The molecule has 9 nitrogen and oxygen atoms in total. The Bertz CT molecular complexity index is 1570. The maximum absolute atomic E-state index is 13.9. The Balaban J connectivity index is 1.98. The summed E-state index contributed by atoms with van der Waals surface area (Å²) < 4.78 is 29.4. The molecule has 2 heterocycles. The van der Waals surface area contributed by atoms with Crippen molar-refractivity contribution in [3.05, 3.63) is 78.5 Å². The third kappa shape index (κ3) is 5.04. The molecule has 0 amide bonds. The van der Waals surface area contributed by atoms with E-state index < -0.39 is 12.0 Å². The fourth-order valence-corrected chi connectivity index (χ4v) is 5.37. The molecule has 1 aromatic heterocycles. The van der Waals surface area contributed by atoms with Gasteiger partial charge in [0.2, 0.25) is 0 Å². The van der Waals surface area contributed by atoms with Crippen LogP contribution in [0.25, 0.3) is 6.08 Å². The summed E-state index contributed by atoms with van der Waals surface area (Å²) in [6, 6.07) is 9.94. The number of allylic oxidation sites excluding steroid dienone is 1. The molecule has 0 radical (unpaired) electrons. The lowest BCUT2D eigenvalue weighted by Gasteiger charge is -2.25. The Morgan fingerprint density at radius 1 is 1.00 bits per heavy atom. The van der Waals surface area contributed by atoms with Crippen molar-refractivity contribution in [2.75, 3.05) is 34.5 Å². The molecular weight excluding hydrogens is 508 g/mol. The van der Waals surface area contributed by atoms with Gasteiger partial charge in [0.15, 0.2) is 16.3 Å². The highest BCUT2D eigenvalue weighted by atomic mass is 32.1. The number of fused-ring (bicyclic) bond motifs is 1. The molecule has 1 atom stereocenters. The molecule has 0 saturated carbocycles. The number of methoxy groups -OCH3 is 3. The Morgan fingerprint density at radius 3 is 2.39 bits per heavy atom. The fourth-order valence-electron chi connectivity index (χ4n) is 4.33. The van der Waals surface area contributed by atoms with E-state index in [4.69, 9.17) is 23.7 Å². The Labute approximate surface area is 224 Å². The van der Waals surface area contributed by atoms with Crippen molar-refractivity contribution >= 4 is 23.4 Å². The fraction of sp³-hybridized carbons (Fsp3) is 0.321. The van der Waals surface area contributed by atoms with E-state index in [1.54, 1.807) is 71.6 Å². The Morgan fingerprint density at radius 2 is 1.74 bits per heavy atom. The molecule has 0 N–H and O–H groups in total. The molecule has 200 valence electrons. The van der Waals surface area contributed by atoms with Crippen LogP contribution in [0.2, 0.25) is 0 Å².